The van der Waals surface area contributed by atoms with Crippen molar-refractivity contribution in [2.24, 2.45) is 0 Å². The first-order valence-corrected chi connectivity index (χ1v) is 8.90. The number of piperidine rings is 1. The predicted octanol–water partition coefficient (Wildman–Crippen LogP) is 1.32. The predicted molar refractivity (Wildman–Crippen MR) is 96.2 cm³/mol. The van der Waals surface area contributed by atoms with Gasteiger partial charge < -0.3 is 19.8 Å². The summed E-state index contributed by atoms with van der Waals surface area (Å²) in [7, 11) is 0. The molecule has 3 rings (SSSR count). The van der Waals surface area contributed by atoms with Crippen molar-refractivity contribution in [2.45, 2.75) is 52.7 Å². The second-order valence-electron chi connectivity index (χ2n) is 6.72. The van der Waals surface area contributed by atoms with Crippen LogP contribution in [0.3, 0.4) is 0 Å². The van der Waals surface area contributed by atoms with E-state index >= 15 is 0 Å². The van der Waals surface area contributed by atoms with Crippen LogP contribution in [0, 0.1) is 20.8 Å². The Bertz CT molecular complexity index is 804. The maximum atomic E-state index is 12.2. The van der Waals surface area contributed by atoms with Crippen molar-refractivity contribution < 1.29 is 14.4 Å². The van der Waals surface area contributed by atoms with Crippen molar-refractivity contribution in [1.29, 1.82) is 0 Å². The summed E-state index contributed by atoms with van der Waals surface area (Å²) in [6.45, 7) is 8.77. The number of nitrogens with one attached hydrogen (secondary N) is 1. The maximum absolute atomic E-state index is 12.2. The Morgan fingerprint density at radius 1 is 1.38 bits per heavy atom. The molecule has 1 amide bonds. The zero-order valence-electron chi connectivity index (χ0n) is 15.6. The highest BCUT2D eigenvalue weighted by molar-refractivity contribution is 5.92. The summed E-state index contributed by atoms with van der Waals surface area (Å²) >= 11 is 0. The van der Waals surface area contributed by atoms with Crippen LogP contribution in [0.2, 0.25) is 0 Å². The molecule has 2 aromatic heterocycles. The van der Waals surface area contributed by atoms with Gasteiger partial charge >= 0.3 is 0 Å². The SMILES string of the molecule is CCc1c(C)nc(C)nc1N1CC[C@@H](NC(=O)c2cc(C)on2)[C@H](O)C1. The number of β-amino-alcohol motifs (C(OH)–C–C–N with tert-alkyl or cyclic N) is 1. The summed E-state index contributed by atoms with van der Waals surface area (Å²) in [6, 6.07) is 1.25. The summed E-state index contributed by atoms with van der Waals surface area (Å²) < 4.78 is 4.93. The Balaban J connectivity index is 1.70. The second-order valence-corrected chi connectivity index (χ2v) is 6.72. The lowest BCUT2D eigenvalue weighted by Gasteiger charge is -2.37. The molecular weight excluding hydrogens is 334 g/mol. The molecule has 8 nitrogen and oxygen atoms in total. The lowest BCUT2D eigenvalue weighted by Crippen LogP contribution is -2.54. The van der Waals surface area contributed by atoms with E-state index in [1.165, 1.54) is 0 Å². The van der Waals surface area contributed by atoms with E-state index in [1.54, 1.807) is 13.0 Å². The number of aliphatic hydroxyl groups is 1. The first kappa shape index (κ1) is 18.3. The molecule has 3 heterocycles. The van der Waals surface area contributed by atoms with Crippen LogP contribution in [0.15, 0.2) is 10.6 Å². The van der Waals surface area contributed by atoms with Crippen molar-refractivity contribution in [3.05, 3.63) is 34.6 Å². The van der Waals surface area contributed by atoms with E-state index in [0.717, 1.165) is 29.3 Å². The number of aliphatic hydroxyl groups excluding tert-OH is 1. The average Bonchev–Trinajstić information content (AvgIpc) is 3.02. The normalized spacial score (nSPS) is 20.3. The van der Waals surface area contributed by atoms with E-state index in [9.17, 15) is 9.90 Å². The third-order valence-electron chi connectivity index (χ3n) is 4.72. The molecule has 26 heavy (non-hydrogen) atoms. The molecule has 1 fully saturated rings. The highest BCUT2D eigenvalue weighted by atomic mass is 16.5. The minimum absolute atomic E-state index is 0.229. The van der Waals surface area contributed by atoms with Gasteiger partial charge in [0.2, 0.25) is 0 Å². The lowest BCUT2D eigenvalue weighted by molar-refractivity contribution is 0.0789. The molecule has 0 unspecified atom stereocenters. The zero-order valence-corrected chi connectivity index (χ0v) is 15.6. The van der Waals surface area contributed by atoms with Gasteiger partial charge in [0.25, 0.3) is 5.91 Å². The van der Waals surface area contributed by atoms with E-state index in [2.05, 4.69) is 32.3 Å². The number of rotatable bonds is 4. The molecule has 2 N–H and O–H groups in total. The molecule has 8 heteroatoms. The van der Waals surface area contributed by atoms with Crippen molar-refractivity contribution >= 4 is 11.7 Å². The van der Waals surface area contributed by atoms with Crippen LogP contribution in [0.1, 0.15) is 46.7 Å². The first-order valence-electron chi connectivity index (χ1n) is 8.90. The van der Waals surface area contributed by atoms with Crippen molar-refractivity contribution in [3.63, 3.8) is 0 Å². The topological polar surface area (TPSA) is 104 Å². The minimum atomic E-state index is -0.694. The van der Waals surface area contributed by atoms with Crippen LogP contribution >= 0.6 is 0 Å². The first-order chi connectivity index (χ1) is 12.4. The van der Waals surface area contributed by atoms with Crippen LogP contribution in [0.5, 0.6) is 0 Å². The van der Waals surface area contributed by atoms with Gasteiger partial charge in [0, 0.05) is 30.4 Å². The molecule has 2 atom stereocenters. The van der Waals surface area contributed by atoms with E-state index in [0.29, 0.717) is 25.3 Å². The lowest BCUT2D eigenvalue weighted by atomic mass is 10.0. The van der Waals surface area contributed by atoms with Crippen LogP contribution in [-0.4, -0.2) is 51.4 Å². The Kier molecular flexibility index (Phi) is 5.22. The molecule has 0 bridgehead atoms. The van der Waals surface area contributed by atoms with E-state index in [4.69, 9.17) is 4.52 Å². The number of anilines is 1. The fraction of sp³-hybridized carbons (Fsp3) is 0.556. The standard InChI is InChI=1S/C18H25N5O3/c1-5-13-11(3)19-12(4)20-17(13)23-7-6-14(16(24)9-23)21-18(25)15-8-10(2)26-22-15/h8,14,16,24H,5-7,9H2,1-4H3,(H,21,25)/t14-,16-/m1/s1. The van der Waals surface area contributed by atoms with Gasteiger partial charge in [0.15, 0.2) is 5.69 Å². The van der Waals surface area contributed by atoms with Gasteiger partial charge in [-0.05, 0) is 33.6 Å². The Morgan fingerprint density at radius 2 is 2.15 bits per heavy atom. The second kappa shape index (κ2) is 7.41. The highest BCUT2D eigenvalue weighted by Crippen LogP contribution is 2.25. The summed E-state index contributed by atoms with van der Waals surface area (Å²) in [6.07, 6.45) is 0.760. The van der Waals surface area contributed by atoms with Gasteiger partial charge in [-0.1, -0.05) is 12.1 Å². The number of hydrogen-bond donors (Lipinski definition) is 2. The van der Waals surface area contributed by atoms with E-state index in [1.807, 2.05) is 13.8 Å². The molecule has 0 saturated carbocycles. The molecule has 0 aromatic carbocycles. The summed E-state index contributed by atoms with van der Waals surface area (Å²) in [5.41, 5.74) is 2.30. The largest absolute Gasteiger partial charge is 0.389 e. The van der Waals surface area contributed by atoms with Crippen LogP contribution in [-0.2, 0) is 6.42 Å². The van der Waals surface area contributed by atoms with Gasteiger partial charge in [-0.15, -0.1) is 0 Å². The van der Waals surface area contributed by atoms with Crippen molar-refractivity contribution in [3.8, 4) is 0 Å². The van der Waals surface area contributed by atoms with Gasteiger partial charge in [-0.2, -0.15) is 0 Å². The average molecular weight is 359 g/mol. The van der Waals surface area contributed by atoms with Crippen molar-refractivity contribution in [2.75, 3.05) is 18.0 Å². The van der Waals surface area contributed by atoms with Gasteiger partial charge in [0.1, 0.15) is 17.4 Å². The van der Waals surface area contributed by atoms with Crippen LogP contribution in [0.25, 0.3) is 0 Å². The smallest absolute Gasteiger partial charge is 0.273 e. The van der Waals surface area contributed by atoms with Crippen LogP contribution < -0.4 is 10.2 Å². The zero-order chi connectivity index (χ0) is 18.8. The molecule has 1 saturated heterocycles. The third-order valence-corrected chi connectivity index (χ3v) is 4.72. The molecular formula is C18H25N5O3. The fourth-order valence-electron chi connectivity index (χ4n) is 3.40. The van der Waals surface area contributed by atoms with E-state index in [-0.39, 0.29) is 17.6 Å². The molecule has 0 aliphatic carbocycles. The number of nitrogens with zero attached hydrogens (tertiary/aromatic N) is 4. The van der Waals surface area contributed by atoms with Crippen molar-refractivity contribution in [1.82, 2.24) is 20.4 Å². The molecule has 1 aliphatic rings. The number of carbonyl (C=O) groups excluding carboxylic acids is 1. The monoisotopic (exact) mass is 359 g/mol. The fourth-order valence-corrected chi connectivity index (χ4v) is 3.40. The van der Waals surface area contributed by atoms with Gasteiger partial charge in [0.05, 0.1) is 12.1 Å². The quantitative estimate of drug-likeness (QED) is 0.848. The molecule has 2 aromatic rings. The van der Waals surface area contributed by atoms with Crippen LogP contribution in [0.4, 0.5) is 5.82 Å². The van der Waals surface area contributed by atoms with E-state index < -0.39 is 6.10 Å². The minimum Gasteiger partial charge on any atom is -0.389 e. The van der Waals surface area contributed by atoms with Gasteiger partial charge in [-0.3, -0.25) is 4.79 Å². The molecule has 0 spiro atoms. The number of carbonyl (C=O) groups is 1. The molecule has 140 valence electrons. The Morgan fingerprint density at radius 3 is 2.77 bits per heavy atom. The Labute approximate surface area is 152 Å². The maximum Gasteiger partial charge on any atom is 0.273 e. The number of aromatic nitrogens is 3. The number of aryl methyl sites for hydroxylation is 3. The summed E-state index contributed by atoms with van der Waals surface area (Å²) in [5, 5.41) is 17.1. The molecule has 0 radical (unpaired) electrons. The number of amides is 1. The third kappa shape index (κ3) is 3.70. The summed E-state index contributed by atoms with van der Waals surface area (Å²) in [4.78, 5) is 23.3. The summed E-state index contributed by atoms with van der Waals surface area (Å²) in [5.74, 6) is 1.85. The number of hydrogen-bond acceptors (Lipinski definition) is 7. The molecule has 1 aliphatic heterocycles. The Hall–Kier alpha value is -2.48. The van der Waals surface area contributed by atoms with Gasteiger partial charge in [-0.25, -0.2) is 9.97 Å². The highest BCUT2D eigenvalue weighted by Gasteiger charge is 2.31.